The van der Waals surface area contributed by atoms with Crippen LogP contribution in [-0.4, -0.2) is 19.1 Å². The van der Waals surface area contributed by atoms with E-state index in [2.05, 4.69) is 119 Å². The lowest BCUT2D eigenvalue weighted by Gasteiger charge is -2.26. The van der Waals surface area contributed by atoms with Crippen molar-refractivity contribution in [2.45, 2.75) is 19.3 Å². The number of rotatable bonds is 6. The first-order valence-corrected chi connectivity index (χ1v) is 14.8. The fourth-order valence-corrected chi connectivity index (χ4v) is 6.21. The maximum absolute atomic E-state index is 6.49. The topological polar surface area (TPSA) is 44.9 Å². The van der Waals surface area contributed by atoms with E-state index in [1.54, 1.807) is 0 Å². The Morgan fingerprint density at radius 1 is 0.568 bits per heavy atom. The van der Waals surface area contributed by atoms with E-state index < -0.39 is 0 Å². The number of para-hydroxylation sites is 3. The van der Waals surface area contributed by atoms with Crippen LogP contribution in [0.4, 0.5) is 0 Å². The Hall–Kier alpha value is -5.68. The molecule has 8 rings (SSSR count). The number of hydrogen-bond acceptors (Lipinski definition) is 3. The zero-order valence-electron chi connectivity index (χ0n) is 24.6. The van der Waals surface area contributed by atoms with Crippen LogP contribution in [0.25, 0.3) is 44.3 Å². The molecule has 0 N–H and O–H groups in total. The summed E-state index contributed by atoms with van der Waals surface area (Å²) in [4.78, 5) is 9.44. The molecule has 0 unspecified atom stereocenters. The lowest BCUT2D eigenvalue weighted by molar-refractivity contribution is 0.483. The SMILES string of the molecule is CC(C)(c1ccccc1)c1ccnc(-n2c3ccccc3c3ccc(Oc4cccc(-n5cnc6ccccc65)c4)cc32)c1. The van der Waals surface area contributed by atoms with Gasteiger partial charge in [0, 0.05) is 34.5 Å². The zero-order valence-corrected chi connectivity index (χ0v) is 24.6. The van der Waals surface area contributed by atoms with E-state index in [4.69, 9.17) is 9.72 Å². The van der Waals surface area contributed by atoms with Crippen LogP contribution in [0.1, 0.15) is 25.0 Å². The number of ether oxygens (including phenoxy) is 1. The summed E-state index contributed by atoms with van der Waals surface area (Å²) in [5.74, 6) is 2.39. The summed E-state index contributed by atoms with van der Waals surface area (Å²) in [6, 6.07) is 46.0. The Bertz CT molecular complexity index is 2300. The van der Waals surface area contributed by atoms with E-state index in [9.17, 15) is 0 Å². The van der Waals surface area contributed by atoms with Gasteiger partial charge in [-0.2, -0.15) is 0 Å². The highest BCUT2D eigenvalue weighted by Gasteiger charge is 2.24. The molecule has 0 radical (unpaired) electrons. The Labute approximate surface area is 255 Å². The molecule has 0 saturated carbocycles. The minimum atomic E-state index is -0.183. The number of pyridine rings is 1. The average molecular weight is 571 g/mol. The molecule has 44 heavy (non-hydrogen) atoms. The largest absolute Gasteiger partial charge is 0.457 e. The second kappa shape index (κ2) is 10.2. The fourth-order valence-electron chi connectivity index (χ4n) is 6.21. The minimum Gasteiger partial charge on any atom is -0.457 e. The second-order valence-corrected chi connectivity index (χ2v) is 11.6. The molecule has 3 aromatic heterocycles. The minimum absolute atomic E-state index is 0.183. The van der Waals surface area contributed by atoms with Gasteiger partial charge in [-0.1, -0.05) is 80.6 Å². The van der Waals surface area contributed by atoms with Crippen LogP contribution >= 0.6 is 0 Å². The van der Waals surface area contributed by atoms with E-state index in [1.165, 1.54) is 16.5 Å². The van der Waals surface area contributed by atoms with Gasteiger partial charge < -0.3 is 4.74 Å². The third-order valence-corrected chi connectivity index (χ3v) is 8.62. The third kappa shape index (κ3) is 4.33. The Kier molecular flexibility index (Phi) is 6.05. The summed E-state index contributed by atoms with van der Waals surface area (Å²) in [5.41, 5.74) is 7.45. The van der Waals surface area contributed by atoms with Gasteiger partial charge in [0.15, 0.2) is 0 Å². The predicted octanol–water partition coefficient (Wildman–Crippen LogP) is 9.64. The summed E-state index contributed by atoms with van der Waals surface area (Å²) in [6.45, 7) is 4.53. The lowest BCUT2D eigenvalue weighted by atomic mass is 9.78. The molecular weight excluding hydrogens is 540 g/mol. The quantitative estimate of drug-likeness (QED) is 0.200. The maximum Gasteiger partial charge on any atom is 0.137 e. The van der Waals surface area contributed by atoms with Gasteiger partial charge in [0.1, 0.15) is 23.6 Å². The van der Waals surface area contributed by atoms with Crippen molar-refractivity contribution in [2.75, 3.05) is 0 Å². The highest BCUT2D eigenvalue weighted by Crippen LogP contribution is 2.37. The molecule has 5 heteroatoms. The third-order valence-electron chi connectivity index (χ3n) is 8.62. The van der Waals surface area contributed by atoms with Gasteiger partial charge in [0.2, 0.25) is 0 Å². The Morgan fingerprint density at radius 3 is 2.20 bits per heavy atom. The van der Waals surface area contributed by atoms with Crippen molar-refractivity contribution in [3.63, 3.8) is 0 Å². The first kappa shape index (κ1) is 26.0. The van der Waals surface area contributed by atoms with Crippen LogP contribution in [0, 0.1) is 0 Å². The molecule has 0 amide bonds. The van der Waals surface area contributed by atoms with Crippen LogP contribution in [0.5, 0.6) is 11.5 Å². The number of imidazole rings is 1. The Balaban J connectivity index is 1.22. The van der Waals surface area contributed by atoms with E-state index in [-0.39, 0.29) is 5.41 Å². The van der Waals surface area contributed by atoms with Gasteiger partial charge in [-0.05, 0) is 65.7 Å². The van der Waals surface area contributed by atoms with Gasteiger partial charge in [-0.25, -0.2) is 9.97 Å². The standard InChI is InChI=1S/C39H30N4O/c1-39(2,27-11-4-3-5-12-27)28-21-22-40-38(23-28)43-35-17-8-6-15-32(35)33-20-19-31(25-37(33)43)44-30-14-10-13-29(24-30)42-26-41-34-16-7-9-18-36(34)42/h3-26H,1-2H3. The summed E-state index contributed by atoms with van der Waals surface area (Å²) in [5, 5.41) is 2.33. The highest BCUT2D eigenvalue weighted by molar-refractivity contribution is 6.09. The first-order chi connectivity index (χ1) is 21.6. The second-order valence-electron chi connectivity index (χ2n) is 11.6. The van der Waals surface area contributed by atoms with Crippen LogP contribution in [0.3, 0.4) is 0 Å². The molecule has 5 nitrogen and oxygen atoms in total. The van der Waals surface area contributed by atoms with Gasteiger partial charge in [-0.3, -0.25) is 9.13 Å². The van der Waals surface area contributed by atoms with Gasteiger partial charge in [-0.15, -0.1) is 0 Å². The van der Waals surface area contributed by atoms with Gasteiger partial charge in [0.05, 0.1) is 27.8 Å². The fraction of sp³-hybridized carbons (Fsp3) is 0.0769. The number of benzene rings is 5. The molecule has 212 valence electrons. The summed E-state index contributed by atoms with van der Waals surface area (Å²) in [7, 11) is 0. The number of hydrogen-bond donors (Lipinski definition) is 0. The molecule has 0 bridgehead atoms. The normalized spacial score (nSPS) is 11.9. The molecule has 0 spiro atoms. The van der Waals surface area contributed by atoms with Crippen LogP contribution in [0.2, 0.25) is 0 Å². The number of nitrogens with zero attached hydrogens (tertiary/aromatic N) is 4. The molecule has 0 aliphatic rings. The molecule has 8 aromatic rings. The van der Waals surface area contributed by atoms with Crippen molar-refractivity contribution in [3.8, 4) is 23.0 Å². The van der Waals surface area contributed by atoms with Crippen molar-refractivity contribution < 1.29 is 4.74 Å². The van der Waals surface area contributed by atoms with Crippen molar-refractivity contribution in [3.05, 3.63) is 157 Å². The molecule has 0 aliphatic carbocycles. The smallest absolute Gasteiger partial charge is 0.137 e. The number of aromatic nitrogens is 4. The van der Waals surface area contributed by atoms with Crippen LogP contribution in [-0.2, 0) is 5.41 Å². The van der Waals surface area contributed by atoms with E-state index in [1.807, 2.05) is 55.0 Å². The monoisotopic (exact) mass is 570 g/mol. The van der Waals surface area contributed by atoms with E-state index in [0.29, 0.717) is 0 Å². The maximum atomic E-state index is 6.49. The van der Waals surface area contributed by atoms with Crippen molar-refractivity contribution in [1.82, 2.24) is 19.1 Å². The average Bonchev–Trinajstić information content (AvgIpc) is 3.65. The van der Waals surface area contributed by atoms with E-state index >= 15 is 0 Å². The van der Waals surface area contributed by atoms with Gasteiger partial charge in [0.25, 0.3) is 0 Å². The van der Waals surface area contributed by atoms with Crippen molar-refractivity contribution >= 4 is 32.8 Å². The van der Waals surface area contributed by atoms with E-state index in [0.717, 1.165) is 50.5 Å². The zero-order chi connectivity index (χ0) is 29.7. The van der Waals surface area contributed by atoms with Gasteiger partial charge >= 0.3 is 0 Å². The summed E-state index contributed by atoms with van der Waals surface area (Å²) in [6.07, 6.45) is 3.77. The lowest BCUT2D eigenvalue weighted by Crippen LogP contribution is -2.19. The highest BCUT2D eigenvalue weighted by atomic mass is 16.5. The first-order valence-electron chi connectivity index (χ1n) is 14.8. The molecule has 0 aliphatic heterocycles. The predicted molar refractivity (Wildman–Crippen MR) is 178 cm³/mol. The van der Waals surface area contributed by atoms with Crippen molar-refractivity contribution in [2.24, 2.45) is 0 Å². The van der Waals surface area contributed by atoms with Crippen LogP contribution < -0.4 is 4.74 Å². The molecule has 0 saturated heterocycles. The van der Waals surface area contributed by atoms with Crippen LogP contribution in [0.15, 0.2) is 146 Å². The Morgan fingerprint density at radius 2 is 1.32 bits per heavy atom. The molecule has 0 fully saturated rings. The molecule has 3 heterocycles. The summed E-state index contributed by atoms with van der Waals surface area (Å²) >= 11 is 0. The molecular formula is C39H30N4O. The molecule has 0 atom stereocenters. The number of fused-ring (bicyclic) bond motifs is 4. The summed E-state index contributed by atoms with van der Waals surface area (Å²) < 4.78 is 10.8. The molecule has 5 aromatic carbocycles. The van der Waals surface area contributed by atoms with Crippen molar-refractivity contribution in [1.29, 1.82) is 0 Å².